The van der Waals surface area contributed by atoms with Gasteiger partial charge in [-0.25, -0.2) is 9.59 Å². The van der Waals surface area contributed by atoms with E-state index in [1.807, 2.05) is 12.1 Å². The first kappa shape index (κ1) is 24.3. The van der Waals surface area contributed by atoms with Crippen molar-refractivity contribution in [3.63, 3.8) is 0 Å². The SMILES string of the molecule is CCCCCOC(=O)c1cc(Cc2ccc(N)c(C(=O)OCCCCC)c2)ccc1N. The van der Waals surface area contributed by atoms with Crippen molar-refractivity contribution in [2.45, 2.75) is 58.8 Å². The maximum Gasteiger partial charge on any atom is 0.340 e. The van der Waals surface area contributed by atoms with Crippen molar-refractivity contribution in [1.82, 2.24) is 0 Å². The number of hydrogen-bond donors (Lipinski definition) is 2. The third kappa shape index (κ3) is 7.63. The second kappa shape index (κ2) is 12.6. The Morgan fingerprint density at radius 1 is 0.710 bits per heavy atom. The molecule has 0 radical (unpaired) electrons. The molecular weight excluding hydrogens is 392 g/mol. The molecule has 0 saturated carbocycles. The van der Waals surface area contributed by atoms with Crippen molar-refractivity contribution in [3.05, 3.63) is 58.7 Å². The first-order chi connectivity index (χ1) is 15.0. The molecular formula is C25H34N2O4. The molecule has 0 aliphatic heterocycles. The molecule has 0 atom stereocenters. The van der Waals surface area contributed by atoms with Crippen LogP contribution in [0.1, 0.15) is 84.2 Å². The summed E-state index contributed by atoms with van der Waals surface area (Å²) in [5.74, 6) is -0.826. The number of carbonyl (C=O) groups is 2. The van der Waals surface area contributed by atoms with Gasteiger partial charge in [0.1, 0.15) is 0 Å². The Balaban J connectivity index is 2.08. The lowest BCUT2D eigenvalue weighted by atomic mass is 9.99. The summed E-state index contributed by atoms with van der Waals surface area (Å²) in [6.07, 6.45) is 6.35. The van der Waals surface area contributed by atoms with Gasteiger partial charge in [0.25, 0.3) is 0 Å². The minimum atomic E-state index is -0.413. The highest BCUT2D eigenvalue weighted by Crippen LogP contribution is 2.21. The number of carbonyl (C=O) groups excluding carboxylic acids is 2. The van der Waals surface area contributed by atoms with Crippen LogP contribution in [0.2, 0.25) is 0 Å². The molecule has 31 heavy (non-hydrogen) atoms. The summed E-state index contributed by atoms with van der Waals surface area (Å²) in [4.78, 5) is 24.8. The first-order valence-electron chi connectivity index (χ1n) is 11.1. The number of nitrogens with two attached hydrogens (primary N) is 2. The molecule has 0 spiro atoms. The lowest BCUT2D eigenvalue weighted by Gasteiger charge is -2.11. The summed E-state index contributed by atoms with van der Waals surface area (Å²) in [5.41, 5.74) is 15.3. The van der Waals surface area contributed by atoms with Gasteiger partial charge < -0.3 is 20.9 Å². The minimum absolute atomic E-state index is 0.361. The largest absolute Gasteiger partial charge is 0.462 e. The Morgan fingerprint density at radius 3 is 1.52 bits per heavy atom. The normalized spacial score (nSPS) is 10.6. The van der Waals surface area contributed by atoms with Crippen LogP contribution in [0.15, 0.2) is 36.4 Å². The molecule has 6 nitrogen and oxygen atoms in total. The van der Waals surface area contributed by atoms with Gasteiger partial charge in [-0.15, -0.1) is 0 Å². The molecule has 0 unspecified atom stereocenters. The van der Waals surface area contributed by atoms with E-state index in [0.29, 0.717) is 42.1 Å². The van der Waals surface area contributed by atoms with Gasteiger partial charge in [-0.3, -0.25) is 0 Å². The highest BCUT2D eigenvalue weighted by molar-refractivity contribution is 5.96. The van der Waals surface area contributed by atoms with E-state index in [4.69, 9.17) is 20.9 Å². The molecule has 0 saturated heterocycles. The molecule has 0 heterocycles. The quantitative estimate of drug-likeness (QED) is 0.277. The molecule has 6 heteroatoms. The van der Waals surface area contributed by atoms with Gasteiger partial charge in [0.15, 0.2) is 0 Å². The molecule has 2 aromatic rings. The summed E-state index contributed by atoms with van der Waals surface area (Å²) in [6, 6.07) is 10.6. The van der Waals surface area contributed by atoms with Gasteiger partial charge in [0, 0.05) is 11.4 Å². The summed E-state index contributed by atoms with van der Waals surface area (Å²) >= 11 is 0. The van der Waals surface area contributed by atoms with Crippen LogP contribution in [0.5, 0.6) is 0 Å². The van der Waals surface area contributed by atoms with E-state index in [1.165, 1.54) is 0 Å². The standard InChI is InChI=1S/C25H34N2O4/c1-3-5-7-13-30-24(28)20-16-18(9-11-22(20)26)15-19-10-12-23(27)21(17-19)25(29)31-14-8-6-4-2/h9-12,16-17H,3-8,13-15,26-27H2,1-2H3. The Kier molecular flexibility index (Phi) is 9.88. The molecule has 0 aromatic heterocycles. The second-order valence-corrected chi connectivity index (χ2v) is 7.71. The topological polar surface area (TPSA) is 105 Å². The van der Waals surface area contributed by atoms with Gasteiger partial charge in [0.2, 0.25) is 0 Å². The summed E-state index contributed by atoms with van der Waals surface area (Å²) in [7, 11) is 0. The maximum absolute atomic E-state index is 12.4. The molecule has 0 amide bonds. The van der Waals surface area contributed by atoms with Crippen LogP contribution in [0.4, 0.5) is 11.4 Å². The monoisotopic (exact) mass is 426 g/mol. The van der Waals surface area contributed by atoms with Gasteiger partial charge >= 0.3 is 11.9 Å². The van der Waals surface area contributed by atoms with Gasteiger partial charge in [-0.1, -0.05) is 51.7 Å². The van der Waals surface area contributed by atoms with E-state index in [0.717, 1.165) is 49.7 Å². The zero-order valence-corrected chi connectivity index (χ0v) is 18.6. The van der Waals surface area contributed by atoms with E-state index in [-0.39, 0.29) is 0 Å². The van der Waals surface area contributed by atoms with Crippen LogP contribution >= 0.6 is 0 Å². The molecule has 2 aromatic carbocycles. The van der Waals surface area contributed by atoms with Crippen molar-refractivity contribution in [2.24, 2.45) is 0 Å². The fraction of sp³-hybridized carbons (Fsp3) is 0.440. The van der Waals surface area contributed by atoms with Crippen molar-refractivity contribution in [1.29, 1.82) is 0 Å². The highest BCUT2D eigenvalue weighted by atomic mass is 16.5. The number of esters is 2. The summed E-state index contributed by atoms with van der Waals surface area (Å²) < 4.78 is 10.7. The van der Waals surface area contributed by atoms with Gasteiger partial charge in [-0.2, -0.15) is 0 Å². The average Bonchev–Trinajstić information content (AvgIpc) is 2.76. The van der Waals surface area contributed by atoms with Crippen LogP contribution in [-0.2, 0) is 15.9 Å². The van der Waals surface area contributed by atoms with Crippen LogP contribution < -0.4 is 11.5 Å². The third-order valence-electron chi connectivity index (χ3n) is 5.05. The number of nitrogen functional groups attached to an aromatic ring is 2. The smallest absolute Gasteiger partial charge is 0.340 e. The fourth-order valence-electron chi connectivity index (χ4n) is 3.21. The minimum Gasteiger partial charge on any atom is -0.462 e. The fourth-order valence-corrected chi connectivity index (χ4v) is 3.21. The number of anilines is 2. The van der Waals surface area contributed by atoms with Crippen LogP contribution in [0.3, 0.4) is 0 Å². The summed E-state index contributed by atoms with van der Waals surface area (Å²) in [6.45, 7) is 4.96. The molecule has 4 N–H and O–H groups in total. The molecule has 0 aliphatic carbocycles. The van der Waals surface area contributed by atoms with Crippen molar-refractivity contribution >= 4 is 23.3 Å². The molecule has 0 bridgehead atoms. The van der Waals surface area contributed by atoms with Crippen LogP contribution in [0.25, 0.3) is 0 Å². The summed E-state index contributed by atoms with van der Waals surface area (Å²) in [5, 5.41) is 0. The maximum atomic E-state index is 12.4. The molecule has 0 aliphatic rings. The molecule has 0 fully saturated rings. The zero-order chi connectivity index (χ0) is 22.6. The number of rotatable bonds is 12. The number of ether oxygens (including phenoxy) is 2. The number of unbranched alkanes of at least 4 members (excludes halogenated alkanes) is 4. The Bertz CT molecular complexity index is 808. The predicted octanol–water partition coefficient (Wildman–Crippen LogP) is 5.14. The van der Waals surface area contributed by atoms with E-state index in [9.17, 15) is 9.59 Å². The lowest BCUT2D eigenvalue weighted by molar-refractivity contribution is 0.0490. The molecule has 2 rings (SSSR count). The molecule has 168 valence electrons. The Morgan fingerprint density at radius 2 is 1.13 bits per heavy atom. The van der Waals surface area contributed by atoms with Crippen molar-refractivity contribution in [2.75, 3.05) is 24.7 Å². The number of benzene rings is 2. The highest BCUT2D eigenvalue weighted by Gasteiger charge is 2.15. The van der Waals surface area contributed by atoms with E-state index in [2.05, 4.69) is 13.8 Å². The van der Waals surface area contributed by atoms with Crippen LogP contribution in [-0.4, -0.2) is 25.2 Å². The third-order valence-corrected chi connectivity index (χ3v) is 5.05. The predicted molar refractivity (Wildman–Crippen MR) is 124 cm³/mol. The first-order valence-corrected chi connectivity index (χ1v) is 11.1. The van der Waals surface area contributed by atoms with E-state index < -0.39 is 11.9 Å². The van der Waals surface area contributed by atoms with Crippen LogP contribution in [0, 0.1) is 0 Å². The lowest BCUT2D eigenvalue weighted by Crippen LogP contribution is -2.11. The average molecular weight is 427 g/mol. The zero-order valence-electron chi connectivity index (χ0n) is 18.6. The van der Waals surface area contributed by atoms with E-state index >= 15 is 0 Å². The Labute approximate surface area is 184 Å². The van der Waals surface area contributed by atoms with Gasteiger partial charge in [0.05, 0.1) is 24.3 Å². The number of hydrogen-bond acceptors (Lipinski definition) is 6. The van der Waals surface area contributed by atoms with Crippen molar-refractivity contribution in [3.8, 4) is 0 Å². The van der Waals surface area contributed by atoms with Gasteiger partial charge in [-0.05, 0) is 54.7 Å². The second-order valence-electron chi connectivity index (χ2n) is 7.71. The van der Waals surface area contributed by atoms with Crippen molar-refractivity contribution < 1.29 is 19.1 Å². The Hall–Kier alpha value is -3.02. The van der Waals surface area contributed by atoms with E-state index in [1.54, 1.807) is 24.3 Å².